The van der Waals surface area contributed by atoms with Gasteiger partial charge in [0.05, 0.1) is 0 Å². The van der Waals surface area contributed by atoms with Gasteiger partial charge in [0.1, 0.15) is 0 Å². The van der Waals surface area contributed by atoms with Crippen molar-refractivity contribution in [1.29, 1.82) is 0 Å². The molecule has 0 saturated heterocycles. The second-order valence-corrected chi connectivity index (χ2v) is 4.60. The highest BCUT2D eigenvalue weighted by atomic mass is 16.1. The number of aryl methyl sites for hydroxylation is 2. The van der Waals surface area contributed by atoms with Gasteiger partial charge in [0.15, 0.2) is 0 Å². The van der Waals surface area contributed by atoms with E-state index in [1.807, 2.05) is 13.0 Å². The molecule has 1 amide bonds. The van der Waals surface area contributed by atoms with Crippen LogP contribution in [-0.2, 0) is 11.3 Å². The summed E-state index contributed by atoms with van der Waals surface area (Å²) in [5.74, 6) is -0.144. The van der Waals surface area contributed by atoms with Gasteiger partial charge in [-0.25, -0.2) is 0 Å². The zero-order chi connectivity index (χ0) is 14.5. The smallest absolute Gasteiger partial charge is 0.250 e. The van der Waals surface area contributed by atoms with Crippen LogP contribution in [0.25, 0.3) is 0 Å². The molecule has 20 heavy (non-hydrogen) atoms. The van der Waals surface area contributed by atoms with Crippen molar-refractivity contribution < 1.29 is 4.79 Å². The highest BCUT2D eigenvalue weighted by Crippen LogP contribution is 2.18. The molecule has 2 rings (SSSR count). The van der Waals surface area contributed by atoms with Crippen molar-refractivity contribution in [3.8, 4) is 0 Å². The molecule has 2 aromatic rings. The standard InChI is InChI=1S/C15H17N3O2/c1-11-5-6-12(16)10-13(11)17-14(19)7-9-18-8-3-2-4-15(18)20/h2-6,8,10H,7,9,16H2,1H3,(H,17,19). The molecule has 0 spiro atoms. The Bertz CT molecular complexity index is 677. The van der Waals surface area contributed by atoms with Gasteiger partial charge in [0.2, 0.25) is 5.91 Å². The van der Waals surface area contributed by atoms with Crippen LogP contribution in [0.4, 0.5) is 11.4 Å². The Labute approximate surface area is 117 Å². The number of hydrogen-bond acceptors (Lipinski definition) is 3. The summed E-state index contributed by atoms with van der Waals surface area (Å²) < 4.78 is 1.51. The maximum absolute atomic E-state index is 11.9. The Balaban J connectivity index is 1.98. The van der Waals surface area contributed by atoms with Crippen molar-refractivity contribution >= 4 is 17.3 Å². The topological polar surface area (TPSA) is 77.1 Å². The van der Waals surface area contributed by atoms with E-state index in [-0.39, 0.29) is 17.9 Å². The number of carbonyl (C=O) groups excluding carboxylic acids is 1. The number of nitrogens with one attached hydrogen (secondary N) is 1. The van der Waals surface area contributed by atoms with E-state index >= 15 is 0 Å². The van der Waals surface area contributed by atoms with E-state index in [9.17, 15) is 9.59 Å². The molecule has 5 heteroatoms. The van der Waals surface area contributed by atoms with Crippen LogP contribution in [0, 0.1) is 6.92 Å². The van der Waals surface area contributed by atoms with E-state index in [1.165, 1.54) is 10.6 Å². The summed E-state index contributed by atoms with van der Waals surface area (Å²) in [5, 5.41) is 2.81. The summed E-state index contributed by atoms with van der Waals surface area (Å²) in [7, 11) is 0. The van der Waals surface area contributed by atoms with Gasteiger partial charge in [-0.05, 0) is 30.7 Å². The molecular weight excluding hydrogens is 254 g/mol. The number of rotatable bonds is 4. The summed E-state index contributed by atoms with van der Waals surface area (Å²) >= 11 is 0. The predicted octanol–water partition coefficient (Wildman–Crippen LogP) is 1.77. The van der Waals surface area contributed by atoms with Crippen molar-refractivity contribution in [3.05, 3.63) is 58.5 Å². The number of pyridine rings is 1. The summed E-state index contributed by atoms with van der Waals surface area (Å²) in [6.45, 7) is 2.25. The van der Waals surface area contributed by atoms with E-state index in [4.69, 9.17) is 5.73 Å². The minimum atomic E-state index is -0.144. The lowest BCUT2D eigenvalue weighted by molar-refractivity contribution is -0.116. The van der Waals surface area contributed by atoms with Crippen LogP contribution in [0.1, 0.15) is 12.0 Å². The van der Waals surface area contributed by atoms with E-state index in [0.717, 1.165) is 5.56 Å². The average molecular weight is 271 g/mol. The SMILES string of the molecule is Cc1ccc(N)cc1NC(=O)CCn1ccccc1=O. The van der Waals surface area contributed by atoms with Crippen LogP contribution in [0.5, 0.6) is 0 Å². The lowest BCUT2D eigenvalue weighted by atomic mass is 10.2. The molecule has 0 unspecified atom stereocenters. The molecule has 0 atom stereocenters. The van der Waals surface area contributed by atoms with Crippen LogP contribution < -0.4 is 16.6 Å². The number of nitrogens with two attached hydrogens (primary N) is 1. The number of aromatic nitrogens is 1. The number of benzene rings is 1. The number of nitrogens with zero attached hydrogens (tertiary/aromatic N) is 1. The molecule has 0 saturated carbocycles. The van der Waals surface area contributed by atoms with Gasteiger partial charge in [0, 0.05) is 36.6 Å². The van der Waals surface area contributed by atoms with Gasteiger partial charge < -0.3 is 15.6 Å². The second-order valence-electron chi connectivity index (χ2n) is 4.60. The Morgan fingerprint density at radius 2 is 2.10 bits per heavy atom. The third-order valence-corrected chi connectivity index (χ3v) is 3.01. The Morgan fingerprint density at radius 3 is 2.85 bits per heavy atom. The van der Waals surface area contributed by atoms with E-state index < -0.39 is 0 Å². The minimum Gasteiger partial charge on any atom is -0.399 e. The first-order valence-corrected chi connectivity index (χ1v) is 6.38. The predicted molar refractivity (Wildman–Crippen MR) is 79.5 cm³/mol. The van der Waals surface area contributed by atoms with Crippen molar-refractivity contribution in [2.24, 2.45) is 0 Å². The van der Waals surface area contributed by atoms with Gasteiger partial charge in [-0.2, -0.15) is 0 Å². The molecule has 1 aromatic carbocycles. The number of anilines is 2. The first kappa shape index (κ1) is 13.9. The van der Waals surface area contributed by atoms with Gasteiger partial charge in [-0.3, -0.25) is 9.59 Å². The first-order chi connectivity index (χ1) is 9.56. The quantitative estimate of drug-likeness (QED) is 0.832. The minimum absolute atomic E-state index is 0.111. The third-order valence-electron chi connectivity index (χ3n) is 3.01. The fraction of sp³-hybridized carbons (Fsp3) is 0.200. The van der Waals surface area contributed by atoms with Crippen molar-refractivity contribution in [2.75, 3.05) is 11.1 Å². The number of carbonyl (C=O) groups is 1. The molecular formula is C15H17N3O2. The van der Waals surface area contributed by atoms with E-state index in [0.29, 0.717) is 17.9 Å². The molecule has 0 aliphatic heterocycles. The van der Waals surface area contributed by atoms with Crippen molar-refractivity contribution in [1.82, 2.24) is 4.57 Å². The van der Waals surface area contributed by atoms with Gasteiger partial charge in [-0.15, -0.1) is 0 Å². The van der Waals surface area contributed by atoms with Crippen LogP contribution in [0.3, 0.4) is 0 Å². The molecule has 0 fully saturated rings. The molecule has 0 bridgehead atoms. The number of hydrogen-bond donors (Lipinski definition) is 2. The van der Waals surface area contributed by atoms with Crippen LogP contribution in [0.15, 0.2) is 47.4 Å². The highest BCUT2D eigenvalue weighted by Gasteiger charge is 2.06. The largest absolute Gasteiger partial charge is 0.399 e. The fourth-order valence-electron chi connectivity index (χ4n) is 1.85. The molecule has 5 nitrogen and oxygen atoms in total. The molecule has 3 N–H and O–H groups in total. The Kier molecular flexibility index (Phi) is 4.20. The molecule has 0 aliphatic rings. The second kappa shape index (κ2) is 6.06. The zero-order valence-corrected chi connectivity index (χ0v) is 11.3. The van der Waals surface area contributed by atoms with Crippen molar-refractivity contribution in [3.63, 3.8) is 0 Å². The van der Waals surface area contributed by atoms with E-state index in [2.05, 4.69) is 5.32 Å². The lowest BCUT2D eigenvalue weighted by Crippen LogP contribution is -2.22. The average Bonchev–Trinajstić information content (AvgIpc) is 2.42. The lowest BCUT2D eigenvalue weighted by Gasteiger charge is -2.10. The number of amides is 1. The number of nitrogen functional groups attached to an aromatic ring is 1. The van der Waals surface area contributed by atoms with Crippen LogP contribution in [0.2, 0.25) is 0 Å². The summed E-state index contributed by atoms with van der Waals surface area (Å²) in [6.07, 6.45) is 1.90. The van der Waals surface area contributed by atoms with Gasteiger partial charge in [0.25, 0.3) is 5.56 Å². The Hall–Kier alpha value is -2.56. The normalized spacial score (nSPS) is 10.2. The molecule has 104 valence electrons. The fourth-order valence-corrected chi connectivity index (χ4v) is 1.85. The third kappa shape index (κ3) is 3.47. The maximum Gasteiger partial charge on any atom is 0.250 e. The van der Waals surface area contributed by atoms with Crippen molar-refractivity contribution in [2.45, 2.75) is 19.9 Å². The van der Waals surface area contributed by atoms with E-state index in [1.54, 1.807) is 30.5 Å². The molecule has 1 aromatic heterocycles. The summed E-state index contributed by atoms with van der Waals surface area (Å²) in [6, 6.07) is 10.3. The van der Waals surface area contributed by atoms with Gasteiger partial charge >= 0.3 is 0 Å². The first-order valence-electron chi connectivity index (χ1n) is 6.38. The molecule has 1 heterocycles. The summed E-state index contributed by atoms with van der Waals surface area (Å²) in [4.78, 5) is 23.4. The maximum atomic E-state index is 11.9. The summed E-state index contributed by atoms with van der Waals surface area (Å²) in [5.41, 5.74) is 7.84. The monoisotopic (exact) mass is 271 g/mol. The molecule has 0 radical (unpaired) electrons. The van der Waals surface area contributed by atoms with Crippen LogP contribution in [-0.4, -0.2) is 10.5 Å². The Morgan fingerprint density at radius 1 is 1.30 bits per heavy atom. The zero-order valence-electron chi connectivity index (χ0n) is 11.3. The van der Waals surface area contributed by atoms with Gasteiger partial charge in [-0.1, -0.05) is 12.1 Å². The van der Waals surface area contributed by atoms with Crippen LogP contribution >= 0.6 is 0 Å². The highest BCUT2D eigenvalue weighted by molar-refractivity contribution is 5.91. The molecule has 0 aliphatic carbocycles.